The van der Waals surface area contributed by atoms with Gasteiger partial charge in [-0.1, -0.05) is 29.3 Å². The summed E-state index contributed by atoms with van der Waals surface area (Å²) < 4.78 is 0. The van der Waals surface area contributed by atoms with Crippen LogP contribution in [0.25, 0.3) is 0 Å². The molecule has 1 N–H and O–H groups in total. The summed E-state index contributed by atoms with van der Waals surface area (Å²) in [5, 5.41) is 4.47. The number of benzene rings is 1. The molecule has 1 atom stereocenters. The number of nitrogens with zero attached hydrogens (tertiary/aromatic N) is 2. The quantitative estimate of drug-likeness (QED) is 0.921. The number of carbonyl (C=O) groups is 1. The molecule has 21 heavy (non-hydrogen) atoms. The SMILES string of the molecule is CC(NCC(=O)N1CCN(C)CC1)c1ccc(Cl)cc1Cl. The normalized spacial score (nSPS) is 17.8. The topological polar surface area (TPSA) is 35.6 Å². The Balaban J connectivity index is 1.86. The lowest BCUT2D eigenvalue weighted by atomic mass is 10.1. The molecule has 0 aromatic heterocycles. The predicted molar refractivity (Wildman–Crippen MR) is 87.0 cm³/mol. The van der Waals surface area contributed by atoms with Gasteiger partial charge in [0.25, 0.3) is 0 Å². The Labute approximate surface area is 136 Å². The zero-order valence-corrected chi connectivity index (χ0v) is 13.9. The van der Waals surface area contributed by atoms with E-state index in [1.54, 1.807) is 6.07 Å². The van der Waals surface area contributed by atoms with E-state index < -0.39 is 0 Å². The third-order valence-electron chi connectivity index (χ3n) is 3.84. The molecule has 1 amide bonds. The highest BCUT2D eigenvalue weighted by molar-refractivity contribution is 6.35. The monoisotopic (exact) mass is 329 g/mol. The van der Waals surface area contributed by atoms with Crippen LogP contribution in [0.15, 0.2) is 18.2 Å². The standard InChI is InChI=1S/C15H21Cl2N3O/c1-11(13-4-3-12(16)9-14(13)17)18-10-15(21)20-7-5-19(2)6-8-20/h3-4,9,11,18H,5-8,10H2,1-2H3. The van der Waals surface area contributed by atoms with Crippen LogP contribution in [-0.4, -0.2) is 55.5 Å². The Kier molecular flexibility index (Phi) is 5.88. The Morgan fingerprint density at radius 3 is 2.57 bits per heavy atom. The van der Waals surface area contributed by atoms with E-state index in [1.165, 1.54) is 0 Å². The van der Waals surface area contributed by atoms with Gasteiger partial charge in [-0.05, 0) is 31.7 Å². The van der Waals surface area contributed by atoms with E-state index in [1.807, 2.05) is 24.0 Å². The van der Waals surface area contributed by atoms with Crippen LogP contribution in [0.3, 0.4) is 0 Å². The maximum absolute atomic E-state index is 12.2. The summed E-state index contributed by atoms with van der Waals surface area (Å²) in [6.07, 6.45) is 0. The van der Waals surface area contributed by atoms with Crippen molar-refractivity contribution >= 4 is 29.1 Å². The van der Waals surface area contributed by atoms with Crippen molar-refractivity contribution in [1.29, 1.82) is 0 Å². The van der Waals surface area contributed by atoms with Gasteiger partial charge in [0.2, 0.25) is 5.91 Å². The lowest BCUT2D eigenvalue weighted by Gasteiger charge is -2.32. The van der Waals surface area contributed by atoms with Crippen LogP contribution < -0.4 is 5.32 Å². The first-order valence-corrected chi connectivity index (χ1v) is 7.87. The number of rotatable bonds is 4. The Morgan fingerprint density at radius 2 is 1.95 bits per heavy atom. The summed E-state index contributed by atoms with van der Waals surface area (Å²) in [7, 11) is 2.07. The minimum absolute atomic E-state index is 0.00572. The Bertz CT molecular complexity index is 502. The van der Waals surface area contributed by atoms with Crippen LogP contribution in [0, 0.1) is 0 Å². The molecule has 1 unspecified atom stereocenters. The highest BCUT2D eigenvalue weighted by atomic mass is 35.5. The zero-order chi connectivity index (χ0) is 15.4. The predicted octanol–water partition coefficient (Wildman–Crippen LogP) is 2.42. The van der Waals surface area contributed by atoms with Crippen molar-refractivity contribution in [2.75, 3.05) is 39.8 Å². The second-order valence-corrected chi connectivity index (χ2v) is 6.30. The average Bonchev–Trinajstić information content (AvgIpc) is 2.45. The van der Waals surface area contributed by atoms with Crippen molar-refractivity contribution in [2.24, 2.45) is 0 Å². The molecule has 1 fully saturated rings. The Hall–Kier alpha value is -0.810. The minimum atomic E-state index is 0.00572. The molecule has 1 aromatic rings. The molecule has 4 nitrogen and oxygen atoms in total. The summed E-state index contributed by atoms with van der Waals surface area (Å²) in [5.41, 5.74) is 0.951. The van der Waals surface area contributed by atoms with E-state index in [-0.39, 0.29) is 11.9 Å². The van der Waals surface area contributed by atoms with Crippen molar-refractivity contribution in [1.82, 2.24) is 15.1 Å². The first-order chi connectivity index (χ1) is 9.97. The fraction of sp³-hybridized carbons (Fsp3) is 0.533. The van der Waals surface area contributed by atoms with Gasteiger partial charge in [-0.3, -0.25) is 4.79 Å². The molecule has 1 aliphatic rings. The highest BCUT2D eigenvalue weighted by Gasteiger charge is 2.19. The van der Waals surface area contributed by atoms with E-state index >= 15 is 0 Å². The molecule has 1 saturated heterocycles. The van der Waals surface area contributed by atoms with Crippen molar-refractivity contribution < 1.29 is 4.79 Å². The van der Waals surface area contributed by atoms with Gasteiger partial charge in [0.05, 0.1) is 6.54 Å². The van der Waals surface area contributed by atoms with Gasteiger partial charge in [-0.2, -0.15) is 0 Å². The van der Waals surface area contributed by atoms with Crippen LogP contribution in [0.4, 0.5) is 0 Å². The molecule has 1 heterocycles. The maximum Gasteiger partial charge on any atom is 0.236 e. The molecule has 1 aliphatic heterocycles. The van der Waals surface area contributed by atoms with Gasteiger partial charge < -0.3 is 15.1 Å². The second kappa shape index (κ2) is 7.45. The van der Waals surface area contributed by atoms with Gasteiger partial charge in [0.15, 0.2) is 0 Å². The smallest absolute Gasteiger partial charge is 0.236 e. The number of carbonyl (C=O) groups excluding carboxylic acids is 1. The number of likely N-dealkylation sites (N-methyl/N-ethyl adjacent to an activating group) is 1. The van der Waals surface area contributed by atoms with Crippen LogP contribution in [0.5, 0.6) is 0 Å². The van der Waals surface area contributed by atoms with Crippen molar-refractivity contribution in [3.8, 4) is 0 Å². The van der Waals surface area contributed by atoms with Gasteiger partial charge in [0, 0.05) is 42.3 Å². The van der Waals surface area contributed by atoms with Crippen LogP contribution in [0.1, 0.15) is 18.5 Å². The molecule has 0 bridgehead atoms. The zero-order valence-electron chi connectivity index (χ0n) is 12.4. The van der Waals surface area contributed by atoms with Gasteiger partial charge >= 0.3 is 0 Å². The average molecular weight is 330 g/mol. The molecule has 6 heteroatoms. The first-order valence-electron chi connectivity index (χ1n) is 7.12. The third kappa shape index (κ3) is 4.58. The largest absolute Gasteiger partial charge is 0.339 e. The first kappa shape index (κ1) is 16.6. The molecule has 0 aliphatic carbocycles. The molecular weight excluding hydrogens is 309 g/mol. The number of halogens is 2. The summed E-state index contributed by atoms with van der Waals surface area (Å²) >= 11 is 12.1. The fourth-order valence-electron chi connectivity index (χ4n) is 2.37. The summed E-state index contributed by atoms with van der Waals surface area (Å²) in [6, 6.07) is 5.43. The number of piperazine rings is 1. The van der Waals surface area contributed by atoms with E-state index in [9.17, 15) is 4.79 Å². The summed E-state index contributed by atoms with van der Waals surface area (Å²) in [6.45, 7) is 5.78. The van der Waals surface area contributed by atoms with Crippen molar-refractivity contribution in [3.63, 3.8) is 0 Å². The van der Waals surface area contributed by atoms with Crippen molar-refractivity contribution in [3.05, 3.63) is 33.8 Å². The fourth-order valence-corrected chi connectivity index (χ4v) is 2.94. The molecular formula is C15H21Cl2N3O. The summed E-state index contributed by atoms with van der Waals surface area (Å²) in [5.74, 6) is 0.139. The van der Waals surface area contributed by atoms with Gasteiger partial charge in [-0.15, -0.1) is 0 Å². The minimum Gasteiger partial charge on any atom is -0.339 e. The van der Waals surface area contributed by atoms with Crippen LogP contribution >= 0.6 is 23.2 Å². The number of hydrogen-bond donors (Lipinski definition) is 1. The molecule has 2 rings (SSSR count). The second-order valence-electron chi connectivity index (χ2n) is 5.45. The van der Waals surface area contributed by atoms with Crippen LogP contribution in [0.2, 0.25) is 10.0 Å². The maximum atomic E-state index is 12.2. The molecule has 0 saturated carbocycles. The number of nitrogens with one attached hydrogen (secondary N) is 1. The molecule has 0 radical (unpaired) electrons. The third-order valence-corrected chi connectivity index (χ3v) is 4.41. The van der Waals surface area contributed by atoms with Crippen molar-refractivity contribution in [2.45, 2.75) is 13.0 Å². The van der Waals surface area contributed by atoms with E-state index in [0.29, 0.717) is 16.6 Å². The summed E-state index contributed by atoms with van der Waals surface area (Å²) in [4.78, 5) is 16.3. The molecule has 116 valence electrons. The molecule has 0 spiro atoms. The highest BCUT2D eigenvalue weighted by Crippen LogP contribution is 2.25. The number of hydrogen-bond acceptors (Lipinski definition) is 3. The van der Waals surface area contributed by atoms with E-state index in [2.05, 4.69) is 17.3 Å². The van der Waals surface area contributed by atoms with Gasteiger partial charge in [-0.25, -0.2) is 0 Å². The van der Waals surface area contributed by atoms with E-state index in [0.717, 1.165) is 31.7 Å². The lowest BCUT2D eigenvalue weighted by Crippen LogP contribution is -2.49. The van der Waals surface area contributed by atoms with E-state index in [4.69, 9.17) is 23.2 Å². The lowest BCUT2D eigenvalue weighted by molar-refractivity contribution is -0.131. The van der Waals surface area contributed by atoms with Crippen LogP contribution in [-0.2, 0) is 4.79 Å². The number of amides is 1. The van der Waals surface area contributed by atoms with Gasteiger partial charge in [0.1, 0.15) is 0 Å². The molecule has 1 aromatic carbocycles. The Morgan fingerprint density at radius 1 is 1.29 bits per heavy atom.